The molecule has 2 fully saturated rings. The number of H-pyrrole nitrogens is 1. The molecule has 9 nitrogen and oxygen atoms in total. The van der Waals surface area contributed by atoms with Crippen LogP contribution in [0.4, 0.5) is 10.2 Å². The summed E-state index contributed by atoms with van der Waals surface area (Å²) < 4.78 is 14.8. The van der Waals surface area contributed by atoms with Crippen molar-refractivity contribution >= 4 is 28.7 Å². The molecule has 1 saturated carbocycles. The van der Waals surface area contributed by atoms with Gasteiger partial charge in [0.2, 0.25) is 0 Å². The fraction of sp³-hybridized carbons (Fsp3) is 0.219. The van der Waals surface area contributed by atoms with Crippen molar-refractivity contribution in [2.75, 3.05) is 18.4 Å². The normalized spacial score (nSPS) is 14.6. The molecular formula is C32H27FN6O3. The van der Waals surface area contributed by atoms with Gasteiger partial charge in [0.15, 0.2) is 0 Å². The number of hydrogen-bond donors (Lipinski definition) is 3. The van der Waals surface area contributed by atoms with Gasteiger partial charge >= 0.3 is 0 Å². The number of nitrogens with zero attached hydrogens (tertiary/aromatic N) is 4. The van der Waals surface area contributed by atoms with E-state index in [4.69, 9.17) is 0 Å². The number of likely N-dealkylation sites (tertiary alicyclic amines) is 1. The van der Waals surface area contributed by atoms with Crippen molar-refractivity contribution in [1.82, 2.24) is 24.8 Å². The lowest BCUT2D eigenvalue weighted by molar-refractivity contribution is 0.0651. The van der Waals surface area contributed by atoms with Crippen LogP contribution in [-0.4, -0.2) is 54.8 Å². The highest BCUT2D eigenvalue weighted by molar-refractivity contribution is 6.05. The number of carbonyl (C=O) groups is 2. The van der Waals surface area contributed by atoms with E-state index >= 15 is 0 Å². The lowest BCUT2D eigenvalue weighted by Crippen LogP contribution is -2.42. The van der Waals surface area contributed by atoms with Crippen LogP contribution in [0.1, 0.15) is 57.0 Å². The molecule has 42 heavy (non-hydrogen) atoms. The van der Waals surface area contributed by atoms with E-state index in [1.807, 2.05) is 12.1 Å². The topological polar surface area (TPSA) is 124 Å². The molecule has 1 saturated heterocycles. The first-order valence-electron chi connectivity index (χ1n) is 13.9. The number of benzene rings is 1. The molecule has 0 unspecified atom stereocenters. The Morgan fingerprint density at radius 1 is 1.00 bits per heavy atom. The second-order valence-corrected chi connectivity index (χ2v) is 10.7. The van der Waals surface area contributed by atoms with Gasteiger partial charge < -0.3 is 20.3 Å². The molecule has 0 atom stereocenters. The van der Waals surface area contributed by atoms with Gasteiger partial charge in [0, 0.05) is 42.6 Å². The predicted octanol–water partition coefficient (Wildman–Crippen LogP) is 5.29. The van der Waals surface area contributed by atoms with Crippen molar-refractivity contribution in [2.45, 2.75) is 31.8 Å². The predicted molar refractivity (Wildman–Crippen MR) is 155 cm³/mol. The second-order valence-electron chi connectivity index (χ2n) is 10.7. The molecule has 5 aromatic rings. The molecule has 2 amide bonds. The van der Waals surface area contributed by atoms with E-state index < -0.39 is 18.3 Å². The number of halogens is 1. The van der Waals surface area contributed by atoms with Crippen LogP contribution in [0.25, 0.3) is 33.5 Å². The number of rotatable bonds is 7. The van der Waals surface area contributed by atoms with Crippen LogP contribution >= 0.6 is 0 Å². The van der Waals surface area contributed by atoms with Crippen molar-refractivity contribution in [3.05, 3.63) is 95.2 Å². The molecule has 1 aliphatic carbocycles. The highest BCUT2D eigenvalue weighted by Gasteiger charge is 2.26. The van der Waals surface area contributed by atoms with Gasteiger partial charge in [-0.05, 0) is 84.3 Å². The Morgan fingerprint density at radius 3 is 2.50 bits per heavy atom. The third-order valence-corrected chi connectivity index (χ3v) is 7.98. The molecule has 1 aromatic carbocycles. The maximum atomic E-state index is 14.8. The SMILES string of the molecule is O=C(Nc1nccc(-c2ccnc3[nH]c(-c4ccc(C(=O)N5CCC5)cn4)cc23)c1CO)c1ccc(C2CC2)cc1F. The Hall–Kier alpha value is -4.96. The summed E-state index contributed by atoms with van der Waals surface area (Å²) in [6.07, 6.45) is 7.87. The number of pyridine rings is 3. The van der Waals surface area contributed by atoms with Crippen molar-refractivity contribution in [3.8, 4) is 22.5 Å². The first-order valence-corrected chi connectivity index (χ1v) is 13.9. The van der Waals surface area contributed by atoms with Crippen LogP contribution in [0, 0.1) is 5.82 Å². The quantitative estimate of drug-likeness (QED) is 0.248. The van der Waals surface area contributed by atoms with Gasteiger partial charge in [0.25, 0.3) is 11.8 Å². The molecule has 5 heterocycles. The average Bonchev–Trinajstić information content (AvgIpc) is 3.74. The zero-order chi connectivity index (χ0) is 28.8. The van der Waals surface area contributed by atoms with Crippen LogP contribution in [0.2, 0.25) is 0 Å². The van der Waals surface area contributed by atoms with Crippen LogP contribution < -0.4 is 5.32 Å². The summed E-state index contributed by atoms with van der Waals surface area (Å²) in [4.78, 5) is 43.9. The number of anilines is 1. The summed E-state index contributed by atoms with van der Waals surface area (Å²) in [6.45, 7) is 1.15. The minimum atomic E-state index is -0.639. The molecule has 0 spiro atoms. The fourth-order valence-electron chi connectivity index (χ4n) is 5.35. The number of aliphatic hydroxyl groups is 1. The van der Waals surface area contributed by atoms with Crippen LogP contribution in [0.3, 0.4) is 0 Å². The molecule has 3 N–H and O–H groups in total. The standard InChI is InChI=1S/C32H27FN6O3/c33-26-14-19(18-2-3-18)4-6-23(26)31(41)38-30-25(17-40)22(9-11-35-30)21-8-10-34-29-24(21)15-28(37-29)27-7-5-20(16-36-27)32(42)39-12-1-13-39/h4-11,14-16,18,40H,1-3,12-13,17H2,(H,34,37)(H,35,38,41). The van der Waals surface area contributed by atoms with E-state index in [-0.39, 0.29) is 17.3 Å². The average molecular weight is 563 g/mol. The monoisotopic (exact) mass is 562 g/mol. The van der Waals surface area contributed by atoms with Crippen molar-refractivity contribution in [2.24, 2.45) is 0 Å². The second kappa shape index (κ2) is 10.5. The molecule has 4 aromatic heterocycles. The Bertz CT molecular complexity index is 1840. The zero-order valence-electron chi connectivity index (χ0n) is 22.6. The Morgan fingerprint density at radius 2 is 1.81 bits per heavy atom. The van der Waals surface area contributed by atoms with E-state index in [2.05, 4.69) is 25.3 Å². The number of aliphatic hydroxyl groups excluding tert-OH is 1. The van der Waals surface area contributed by atoms with Gasteiger partial charge in [-0.25, -0.2) is 14.4 Å². The Labute approximate surface area is 240 Å². The number of fused-ring (bicyclic) bond motifs is 1. The molecule has 1 aliphatic heterocycles. The molecule has 2 aliphatic rings. The minimum absolute atomic E-state index is 0.0176. The lowest BCUT2D eigenvalue weighted by Gasteiger charge is -2.30. The minimum Gasteiger partial charge on any atom is -0.392 e. The van der Waals surface area contributed by atoms with E-state index in [0.717, 1.165) is 48.9 Å². The maximum absolute atomic E-state index is 14.8. The Kier molecular flexibility index (Phi) is 6.47. The van der Waals surface area contributed by atoms with E-state index in [1.165, 1.54) is 18.3 Å². The molecule has 10 heteroatoms. The third kappa shape index (κ3) is 4.69. The first-order chi connectivity index (χ1) is 20.5. The summed E-state index contributed by atoms with van der Waals surface area (Å²) in [5.41, 5.74) is 5.14. The highest BCUT2D eigenvalue weighted by atomic mass is 19.1. The number of carbonyl (C=O) groups excluding carboxylic acids is 2. The van der Waals surface area contributed by atoms with Crippen molar-refractivity contribution in [3.63, 3.8) is 0 Å². The van der Waals surface area contributed by atoms with Gasteiger partial charge in [-0.15, -0.1) is 0 Å². The van der Waals surface area contributed by atoms with Crippen molar-refractivity contribution < 1.29 is 19.1 Å². The lowest BCUT2D eigenvalue weighted by atomic mass is 9.99. The summed E-state index contributed by atoms with van der Waals surface area (Å²) >= 11 is 0. The number of aromatic amines is 1. The molecule has 0 radical (unpaired) electrons. The van der Waals surface area contributed by atoms with Crippen LogP contribution in [-0.2, 0) is 6.61 Å². The fourth-order valence-corrected chi connectivity index (χ4v) is 5.35. The van der Waals surface area contributed by atoms with Gasteiger partial charge in [0.1, 0.15) is 17.3 Å². The third-order valence-electron chi connectivity index (χ3n) is 7.98. The molecule has 210 valence electrons. The number of hydrogen-bond acceptors (Lipinski definition) is 6. The summed E-state index contributed by atoms with van der Waals surface area (Å²) in [6, 6.07) is 13.8. The number of aromatic nitrogens is 4. The van der Waals surface area contributed by atoms with Gasteiger partial charge in [0.05, 0.1) is 29.1 Å². The zero-order valence-corrected chi connectivity index (χ0v) is 22.6. The summed E-state index contributed by atoms with van der Waals surface area (Å²) in [5.74, 6) is -0.718. The molecule has 0 bridgehead atoms. The largest absolute Gasteiger partial charge is 0.392 e. The van der Waals surface area contributed by atoms with E-state index in [9.17, 15) is 19.1 Å². The van der Waals surface area contributed by atoms with Crippen LogP contribution in [0.5, 0.6) is 0 Å². The van der Waals surface area contributed by atoms with E-state index in [1.54, 1.807) is 41.6 Å². The smallest absolute Gasteiger partial charge is 0.259 e. The molecule has 7 rings (SSSR count). The first kappa shape index (κ1) is 26.0. The van der Waals surface area contributed by atoms with Gasteiger partial charge in [-0.2, -0.15) is 0 Å². The van der Waals surface area contributed by atoms with Crippen molar-refractivity contribution in [1.29, 1.82) is 0 Å². The Balaban J connectivity index is 1.19. The summed E-state index contributed by atoms with van der Waals surface area (Å²) in [7, 11) is 0. The van der Waals surface area contributed by atoms with E-state index in [0.29, 0.717) is 39.6 Å². The van der Waals surface area contributed by atoms with Crippen LogP contribution in [0.15, 0.2) is 67.1 Å². The van der Waals surface area contributed by atoms with Gasteiger partial charge in [-0.1, -0.05) is 6.07 Å². The number of amides is 2. The molecular weight excluding hydrogens is 535 g/mol. The highest BCUT2D eigenvalue weighted by Crippen LogP contribution is 2.40. The maximum Gasteiger partial charge on any atom is 0.259 e. The van der Waals surface area contributed by atoms with Gasteiger partial charge in [-0.3, -0.25) is 14.6 Å². The summed E-state index contributed by atoms with van der Waals surface area (Å²) in [5, 5.41) is 13.8. The number of nitrogens with one attached hydrogen (secondary N) is 2.